The summed E-state index contributed by atoms with van der Waals surface area (Å²) in [5, 5.41) is 13.1. The summed E-state index contributed by atoms with van der Waals surface area (Å²) in [6.07, 6.45) is 1.12. The van der Waals surface area contributed by atoms with Gasteiger partial charge in [-0.3, -0.25) is 0 Å². The van der Waals surface area contributed by atoms with Gasteiger partial charge in [-0.1, -0.05) is 18.2 Å². The molecule has 2 N–H and O–H groups in total. The number of aliphatic hydroxyl groups is 1. The van der Waals surface area contributed by atoms with Crippen LogP contribution in [0.25, 0.3) is 0 Å². The summed E-state index contributed by atoms with van der Waals surface area (Å²) < 4.78 is 0. The Labute approximate surface area is 110 Å². The number of benzene rings is 1. The lowest BCUT2D eigenvalue weighted by Gasteiger charge is -2.33. The number of nitrogens with one attached hydrogen (secondary N) is 1. The molecular formula is C15H24N2O. The van der Waals surface area contributed by atoms with Gasteiger partial charge in [-0.2, -0.15) is 0 Å². The third-order valence-electron chi connectivity index (χ3n) is 3.88. The molecule has 0 amide bonds. The summed E-state index contributed by atoms with van der Waals surface area (Å²) in [7, 11) is 0. The van der Waals surface area contributed by atoms with Crippen LogP contribution in [0, 0.1) is 13.8 Å². The van der Waals surface area contributed by atoms with Crippen molar-refractivity contribution in [2.45, 2.75) is 39.3 Å². The maximum Gasteiger partial charge on any atom is 0.0647 e. The third-order valence-corrected chi connectivity index (χ3v) is 3.88. The van der Waals surface area contributed by atoms with Crippen molar-refractivity contribution in [3.05, 3.63) is 29.3 Å². The van der Waals surface area contributed by atoms with Crippen molar-refractivity contribution in [3.63, 3.8) is 0 Å². The molecule has 1 fully saturated rings. The van der Waals surface area contributed by atoms with E-state index in [0.29, 0.717) is 6.04 Å². The van der Waals surface area contributed by atoms with Gasteiger partial charge in [-0.15, -0.1) is 0 Å². The highest BCUT2D eigenvalue weighted by atomic mass is 16.3. The number of aliphatic hydroxyl groups excluding tert-OH is 1. The molecule has 2 unspecified atom stereocenters. The van der Waals surface area contributed by atoms with E-state index in [2.05, 4.69) is 49.2 Å². The monoisotopic (exact) mass is 248 g/mol. The lowest BCUT2D eigenvalue weighted by atomic mass is 10.1. The van der Waals surface area contributed by atoms with Crippen molar-refractivity contribution in [1.29, 1.82) is 0 Å². The Hall–Kier alpha value is -1.06. The van der Waals surface area contributed by atoms with Gasteiger partial charge in [0.2, 0.25) is 0 Å². The topological polar surface area (TPSA) is 35.5 Å². The summed E-state index contributed by atoms with van der Waals surface area (Å²) >= 11 is 0. The van der Waals surface area contributed by atoms with Crippen LogP contribution in [-0.4, -0.2) is 36.9 Å². The van der Waals surface area contributed by atoms with Crippen LogP contribution >= 0.6 is 0 Å². The summed E-state index contributed by atoms with van der Waals surface area (Å²) in [4.78, 5) is 2.38. The highest BCUT2D eigenvalue weighted by Crippen LogP contribution is 2.27. The molecule has 1 aliphatic rings. The third kappa shape index (κ3) is 2.68. The number of nitrogens with zero attached hydrogens (tertiary/aromatic N) is 1. The SMILES string of the molecule is Cc1cccc(C)c1N1CCC(C)NCC1CO. The molecule has 1 aliphatic heterocycles. The van der Waals surface area contributed by atoms with Gasteiger partial charge in [0.25, 0.3) is 0 Å². The van der Waals surface area contributed by atoms with Crippen molar-refractivity contribution in [3.8, 4) is 0 Å². The molecule has 0 spiro atoms. The fourth-order valence-corrected chi connectivity index (χ4v) is 2.78. The fraction of sp³-hybridized carbons (Fsp3) is 0.600. The molecule has 1 aromatic carbocycles. The number of hydrogen-bond donors (Lipinski definition) is 2. The zero-order valence-electron chi connectivity index (χ0n) is 11.6. The minimum atomic E-state index is 0.176. The maximum absolute atomic E-state index is 9.63. The van der Waals surface area contributed by atoms with E-state index in [1.807, 2.05) is 0 Å². The van der Waals surface area contributed by atoms with Crippen molar-refractivity contribution in [1.82, 2.24) is 5.32 Å². The minimum Gasteiger partial charge on any atom is -0.394 e. The standard InChI is InChI=1S/C15H24N2O/c1-11-5-4-6-12(2)15(11)17-8-7-13(3)16-9-14(17)10-18/h4-6,13-14,16,18H,7-10H2,1-3H3. The largest absolute Gasteiger partial charge is 0.394 e. The molecule has 2 rings (SSSR count). The highest BCUT2D eigenvalue weighted by Gasteiger charge is 2.24. The van der Waals surface area contributed by atoms with Crippen molar-refractivity contribution in [2.24, 2.45) is 0 Å². The van der Waals surface area contributed by atoms with Gasteiger partial charge in [-0.05, 0) is 38.3 Å². The smallest absolute Gasteiger partial charge is 0.0647 e. The van der Waals surface area contributed by atoms with E-state index in [-0.39, 0.29) is 12.6 Å². The molecule has 0 radical (unpaired) electrons. The summed E-state index contributed by atoms with van der Waals surface area (Å²) in [5.74, 6) is 0. The quantitative estimate of drug-likeness (QED) is 0.838. The Morgan fingerprint density at radius 3 is 2.61 bits per heavy atom. The second-order valence-electron chi connectivity index (χ2n) is 5.37. The first-order valence-corrected chi connectivity index (χ1v) is 6.80. The number of anilines is 1. The average Bonchev–Trinajstić information content (AvgIpc) is 2.52. The molecule has 0 saturated carbocycles. The number of para-hydroxylation sites is 1. The predicted octanol–water partition coefficient (Wildman–Crippen LogP) is 1.85. The average molecular weight is 248 g/mol. The number of hydrogen-bond acceptors (Lipinski definition) is 3. The van der Waals surface area contributed by atoms with Crippen molar-refractivity contribution >= 4 is 5.69 Å². The van der Waals surface area contributed by atoms with Crippen LogP contribution in [0.5, 0.6) is 0 Å². The Kier molecular flexibility index (Phi) is 4.25. The van der Waals surface area contributed by atoms with Crippen LogP contribution in [0.1, 0.15) is 24.5 Å². The molecule has 18 heavy (non-hydrogen) atoms. The Morgan fingerprint density at radius 1 is 1.33 bits per heavy atom. The first kappa shape index (κ1) is 13.4. The normalized spacial score (nSPS) is 25.0. The van der Waals surface area contributed by atoms with E-state index in [4.69, 9.17) is 0 Å². The molecule has 3 heteroatoms. The minimum absolute atomic E-state index is 0.176. The molecular weight excluding hydrogens is 224 g/mol. The zero-order valence-corrected chi connectivity index (χ0v) is 11.6. The lowest BCUT2D eigenvalue weighted by molar-refractivity contribution is 0.259. The van der Waals surface area contributed by atoms with E-state index in [9.17, 15) is 5.11 Å². The van der Waals surface area contributed by atoms with E-state index < -0.39 is 0 Å². The van der Waals surface area contributed by atoms with Crippen LogP contribution < -0.4 is 10.2 Å². The second kappa shape index (κ2) is 5.72. The summed E-state index contributed by atoms with van der Waals surface area (Å²) in [6.45, 7) is 8.57. The molecule has 3 nitrogen and oxygen atoms in total. The van der Waals surface area contributed by atoms with E-state index in [0.717, 1.165) is 19.5 Å². The van der Waals surface area contributed by atoms with Crippen LogP contribution in [0.3, 0.4) is 0 Å². The van der Waals surface area contributed by atoms with E-state index in [1.54, 1.807) is 0 Å². The zero-order chi connectivity index (χ0) is 13.1. The molecule has 0 aromatic heterocycles. The van der Waals surface area contributed by atoms with Gasteiger partial charge >= 0.3 is 0 Å². The van der Waals surface area contributed by atoms with Gasteiger partial charge in [0.05, 0.1) is 12.6 Å². The van der Waals surface area contributed by atoms with Gasteiger partial charge in [0.1, 0.15) is 0 Å². The first-order valence-electron chi connectivity index (χ1n) is 6.80. The molecule has 1 aromatic rings. The molecule has 100 valence electrons. The highest BCUT2D eigenvalue weighted by molar-refractivity contribution is 5.59. The number of rotatable bonds is 2. The van der Waals surface area contributed by atoms with Gasteiger partial charge in [-0.25, -0.2) is 0 Å². The lowest BCUT2D eigenvalue weighted by Crippen LogP contribution is -2.43. The Morgan fingerprint density at radius 2 is 2.00 bits per heavy atom. The molecule has 0 aliphatic carbocycles. The maximum atomic E-state index is 9.63. The first-order chi connectivity index (χ1) is 8.63. The van der Waals surface area contributed by atoms with Crippen LogP contribution in [0.2, 0.25) is 0 Å². The van der Waals surface area contributed by atoms with E-state index >= 15 is 0 Å². The van der Waals surface area contributed by atoms with Gasteiger partial charge in [0.15, 0.2) is 0 Å². The fourth-order valence-electron chi connectivity index (χ4n) is 2.78. The second-order valence-corrected chi connectivity index (χ2v) is 5.37. The predicted molar refractivity (Wildman–Crippen MR) is 76.2 cm³/mol. The molecule has 1 heterocycles. The van der Waals surface area contributed by atoms with Gasteiger partial charge < -0.3 is 15.3 Å². The molecule has 1 saturated heterocycles. The van der Waals surface area contributed by atoms with Crippen molar-refractivity contribution < 1.29 is 5.11 Å². The Balaban J connectivity index is 2.33. The van der Waals surface area contributed by atoms with Crippen LogP contribution in [-0.2, 0) is 0 Å². The number of aryl methyl sites for hydroxylation is 2. The molecule has 0 bridgehead atoms. The summed E-state index contributed by atoms with van der Waals surface area (Å²) in [5.41, 5.74) is 3.89. The summed E-state index contributed by atoms with van der Waals surface area (Å²) in [6, 6.07) is 7.10. The van der Waals surface area contributed by atoms with E-state index in [1.165, 1.54) is 16.8 Å². The van der Waals surface area contributed by atoms with Crippen LogP contribution in [0.4, 0.5) is 5.69 Å². The van der Waals surface area contributed by atoms with Crippen LogP contribution in [0.15, 0.2) is 18.2 Å². The molecule has 2 atom stereocenters. The van der Waals surface area contributed by atoms with Crippen molar-refractivity contribution in [2.75, 3.05) is 24.6 Å². The Bertz CT molecular complexity index is 385. The van der Waals surface area contributed by atoms with Gasteiger partial charge in [0, 0.05) is 24.8 Å².